The number of fused-ring (bicyclic) bond motifs is 6. The average molecular weight is 840 g/mol. The van der Waals surface area contributed by atoms with Gasteiger partial charge in [-0.25, -0.2) is 9.59 Å². The van der Waals surface area contributed by atoms with Crippen molar-refractivity contribution in [3.05, 3.63) is 107 Å². The van der Waals surface area contributed by atoms with Crippen LogP contribution in [0.15, 0.2) is 84.5 Å². The highest BCUT2D eigenvalue weighted by molar-refractivity contribution is 5.95. The molecule has 1 saturated heterocycles. The molecule has 9 unspecified atom stereocenters. The number of hydrogen-bond donors (Lipinski definition) is 0. The van der Waals surface area contributed by atoms with Gasteiger partial charge in [-0.05, 0) is 128 Å². The Bertz CT molecular complexity index is 2170. The molecule has 0 N–H and O–H groups in total. The van der Waals surface area contributed by atoms with E-state index in [1.807, 2.05) is 30.4 Å². The van der Waals surface area contributed by atoms with Crippen molar-refractivity contribution in [2.45, 2.75) is 130 Å². The zero-order valence-electron chi connectivity index (χ0n) is 38.1. The van der Waals surface area contributed by atoms with Crippen molar-refractivity contribution < 1.29 is 28.5 Å². The Labute approximate surface area is 370 Å². The van der Waals surface area contributed by atoms with Crippen molar-refractivity contribution in [1.82, 2.24) is 0 Å². The first-order valence-corrected chi connectivity index (χ1v) is 24.1. The topological polar surface area (TPSA) is 74.3 Å². The van der Waals surface area contributed by atoms with E-state index in [1.165, 1.54) is 76.2 Å². The first-order chi connectivity index (χ1) is 29.9. The molecule has 4 fully saturated rings. The van der Waals surface area contributed by atoms with E-state index in [9.17, 15) is 9.59 Å². The molecule has 0 radical (unpaired) electrons. The fraction of sp³-hybridized carbons (Fsp3) is 0.564. The Balaban J connectivity index is 0.903. The Morgan fingerprint density at radius 1 is 0.871 bits per heavy atom. The lowest BCUT2D eigenvalue weighted by atomic mass is 9.47. The van der Waals surface area contributed by atoms with Crippen LogP contribution < -0.4 is 14.4 Å². The van der Waals surface area contributed by atoms with Crippen LogP contribution in [0.2, 0.25) is 0 Å². The number of allylic oxidation sites excluding steroid dienone is 1. The predicted molar refractivity (Wildman–Crippen MR) is 246 cm³/mol. The van der Waals surface area contributed by atoms with Gasteiger partial charge in [-0.2, -0.15) is 0 Å². The van der Waals surface area contributed by atoms with E-state index in [1.54, 1.807) is 12.1 Å². The number of nitrogens with zero attached hydrogens (tertiary/aromatic N) is 1. The van der Waals surface area contributed by atoms with Crippen molar-refractivity contribution in [3.8, 4) is 11.5 Å². The van der Waals surface area contributed by atoms with Gasteiger partial charge in [-0.15, -0.1) is 0 Å². The smallest absolute Gasteiger partial charge is 0.473 e. The minimum atomic E-state index is -0.953. The molecule has 0 amide bonds. The molecular formula is C55H69NO6. The SMILES string of the molecule is COC(=O)c1cc2c(cc1OC(=O)OC1CCC3(C)C(=CCC4C3CCC3(C)C(C(C)CCCC(C)C)CCC43)C1)OC(c1ccccc1)(c1ccc(N3CCCC3)cc1)C=C2. The van der Waals surface area contributed by atoms with E-state index < -0.39 is 17.7 Å². The molecule has 9 rings (SSSR count). The molecule has 3 saturated carbocycles. The summed E-state index contributed by atoms with van der Waals surface area (Å²) >= 11 is 0. The maximum absolute atomic E-state index is 13.8. The molecule has 3 aromatic carbocycles. The monoisotopic (exact) mass is 840 g/mol. The molecule has 0 bridgehead atoms. The predicted octanol–water partition coefficient (Wildman–Crippen LogP) is 13.3. The Morgan fingerprint density at radius 2 is 1.63 bits per heavy atom. The van der Waals surface area contributed by atoms with Gasteiger partial charge < -0.3 is 23.8 Å². The highest BCUT2D eigenvalue weighted by Crippen LogP contribution is 2.67. The lowest BCUT2D eigenvalue weighted by Crippen LogP contribution is -2.51. The van der Waals surface area contributed by atoms with Crippen molar-refractivity contribution in [2.75, 3.05) is 25.1 Å². The highest BCUT2D eigenvalue weighted by Gasteiger charge is 2.59. The van der Waals surface area contributed by atoms with Gasteiger partial charge in [0.1, 0.15) is 17.4 Å². The van der Waals surface area contributed by atoms with Crippen molar-refractivity contribution >= 4 is 23.9 Å². The second-order valence-corrected chi connectivity index (χ2v) is 20.8. The van der Waals surface area contributed by atoms with E-state index in [-0.39, 0.29) is 22.8 Å². The van der Waals surface area contributed by atoms with Gasteiger partial charge in [-0.1, -0.05) is 114 Å². The quantitative estimate of drug-likeness (QED) is 0.108. The molecule has 2 heterocycles. The Kier molecular flexibility index (Phi) is 11.9. The third-order valence-corrected chi connectivity index (χ3v) is 17.0. The molecule has 7 heteroatoms. The third kappa shape index (κ3) is 7.78. The number of carbonyl (C=O) groups excluding carboxylic acids is 2. The van der Waals surface area contributed by atoms with Crippen LogP contribution in [0.5, 0.6) is 11.5 Å². The molecule has 2 aliphatic heterocycles. The van der Waals surface area contributed by atoms with E-state index in [4.69, 9.17) is 18.9 Å². The summed E-state index contributed by atoms with van der Waals surface area (Å²) in [4.78, 5) is 29.4. The molecule has 3 aromatic rings. The molecule has 62 heavy (non-hydrogen) atoms. The Morgan fingerprint density at radius 3 is 2.37 bits per heavy atom. The van der Waals surface area contributed by atoms with Gasteiger partial charge >= 0.3 is 12.1 Å². The van der Waals surface area contributed by atoms with Crippen molar-refractivity contribution in [1.29, 1.82) is 0 Å². The summed E-state index contributed by atoms with van der Waals surface area (Å²) in [5.74, 6) is 4.60. The minimum absolute atomic E-state index is 0.0528. The second-order valence-electron chi connectivity index (χ2n) is 20.8. The van der Waals surface area contributed by atoms with Gasteiger partial charge in [0.05, 0.1) is 7.11 Å². The van der Waals surface area contributed by atoms with E-state index in [0.717, 1.165) is 79.5 Å². The number of methoxy groups -OCH3 is 1. The fourth-order valence-electron chi connectivity index (χ4n) is 13.6. The zero-order valence-corrected chi connectivity index (χ0v) is 38.1. The molecular weight excluding hydrogens is 771 g/mol. The van der Waals surface area contributed by atoms with Gasteiger partial charge in [0, 0.05) is 48.0 Å². The fourth-order valence-corrected chi connectivity index (χ4v) is 13.6. The van der Waals surface area contributed by atoms with Gasteiger partial charge in [0.25, 0.3) is 0 Å². The summed E-state index contributed by atoms with van der Waals surface area (Å²) in [6.07, 6.45) is 21.0. The van der Waals surface area contributed by atoms with E-state index in [0.29, 0.717) is 22.6 Å². The van der Waals surface area contributed by atoms with Gasteiger partial charge in [0.15, 0.2) is 11.4 Å². The Hall–Kier alpha value is -4.52. The molecule has 9 atom stereocenters. The third-order valence-electron chi connectivity index (χ3n) is 17.0. The molecule has 6 aliphatic rings. The number of carbonyl (C=O) groups is 2. The lowest BCUT2D eigenvalue weighted by molar-refractivity contribution is -0.0597. The number of hydrogen-bond acceptors (Lipinski definition) is 7. The number of rotatable bonds is 11. The summed E-state index contributed by atoms with van der Waals surface area (Å²) in [7, 11) is 1.33. The highest BCUT2D eigenvalue weighted by atomic mass is 16.7. The molecule has 0 aromatic heterocycles. The van der Waals surface area contributed by atoms with E-state index in [2.05, 4.69) is 82.0 Å². The van der Waals surface area contributed by atoms with Crippen molar-refractivity contribution in [3.63, 3.8) is 0 Å². The standard InChI is InChI=1S/C55H69NO6/c1-36(2)13-12-14-37(3)46-23-24-47-44-22-19-41-34-43(26-28-53(41,4)48(44)27-29-54(46,47)5)60-52(58)61-50-35-49-38(33-45(50)51(57)59-6)25-30-55(62-49,39-15-8-7-9-16-39)40-17-20-42(21-18-40)56-31-10-11-32-56/h7-9,15-21,25,30,33,35-37,43-44,46-48H,10-14,22-24,26-29,31-32,34H2,1-6H3. The van der Waals surface area contributed by atoms with Crippen LogP contribution >= 0.6 is 0 Å². The second kappa shape index (κ2) is 17.2. The van der Waals surface area contributed by atoms with Crippen molar-refractivity contribution in [2.24, 2.45) is 46.3 Å². The van der Waals surface area contributed by atoms with Gasteiger partial charge in [-0.3, -0.25) is 0 Å². The summed E-state index contributed by atoms with van der Waals surface area (Å²) in [6.45, 7) is 14.6. The van der Waals surface area contributed by atoms with Crippen LogP contribution in [0.1, 0.15) is 145 Å². The van der Waals surface area contributed by atoms with Gasteiger partial charge in [0.2, 0.25) is 0 Å². The van der Waals surface area contributed by atoms with Crippen LogP contribution in [0.4, 0.5) is 10.5 Å². The van der Waals surface area contributed by atoms with Crippen LogP contribution in [0.3, 0.4) is 0 Å². The molecule has 0 spiro atoms. The van der Waals surface area contributed by atoms with E-state index >= 15 is 0 Å². The summed E-state index contributed by atoms with van der Waals surface area (Å²) in [5, 5.41) is 0. The lowest BCUT2D eigenvalue weighted by Gasteiger charge is -2.58. The van der Waals surface area contributed by atoms with Crippen LogP contribution in [-0.2, 0) is 15.1 Å². The molecule has 330 valence electrons. The number of ether oxygens (including phenoxy) is 4. The van der Waals surface area contributed by atoms with Crippen LogP contribution in [0.25, 0.3) is 6.08 Å². The van der Waals surface area contributed by atoms with Crippen LogP contribution in [0, 0.1) is 46.3 Å². The number of esters is 1. The zero-order chi connectivity index (χ0) is 43.2. The van der Waals surface area contributed by atoms with Crippen LogP contribution in [-0.4, -0.2) is 38.4 Å². The summed E-state index contributed by atoms with van der Waals surface area (Å²) in [5.41, 5.74) is 5.05. The molecule has 4 aliphatic carbocycles. The summed E-state index contributed by atoms with van der Waals surface area (Å²) < 4.78 is 24.3. The first-order valence-electron chi connectivity index (χ1n) is 24.1. The number of anilines is 1. The minimum Gasteiger partial charge on any atom is -0.473 e. The average Bonchev–Trinajstić information content (AvgIpc) is 3.95. The first kappa shape index (κ1) is 42.8. The molecule has 7 nitrogen and oxygen atoms in total. The summed E-state index contributed by atoms with van der Waals surface area (Å²) in [6, 6.07) is 22.1. The normalized spacial score (nSPS) is 31.5. The maximum atomic E-state index is 13.8. The largest absolute Gasteiger partial charge is 0.514 e. The maximum Gasteiger partial charge on any atom is 0.514 e. The number of benzene rings is 3.